The van der Waals surface area contributed by atoms with Crippen molar-refractivity contribution in [3.05, 3.63) is 16.1 Å². The van der Waals surface area contributed by atoms with E-state index in [2.05, 4.69) is 16.4 Å². The van der Waals surface area contributed by atoms with Crippen molar-refractivity contribution < 1.29 is 0 Å². The molecule has 2 nitrogen and oxygen atoms in total. The number of thiazole rings is 1. The molecular weight excluding hydrogens is 180 g/mol. The van der Waals surface area contributed by atoms with Crippen LogP contribution < -0.4 is 0 Å². The molecule has 13 heavy (non-hydrogen) atoms. The van der Waals surface area contributed by atoms with E-state index in [4.69, 9.17) is 5.26 Å². The highest BCUT2D eigenvalue weighted by Crippen LogP contribution is 2.49. The van der Waals surface area contributed by atoms with Gasteiger partial charge in [0, 0.05) is 11.3 Å². The minimum atomic E-state index is -0.177. The van der Waals surface area contributed by atoms with Crippen molar-refractivity contribution in [2.45, 2.75) is 37.0 Å². The molecular formula is C10H10N2S. The van der Waals surface area contributed by atoms with E-state index in [9.17, 15) is 0 Å². The summed E-state index contributed by atoms with van der Waals surface area (Å²) < 4.78 is 0. The lowest BCUT2D eigenvalue weighted by Crippen LogP contribution is -2.02. The third-order valence-corrected chi connectivity index (χ3v) is 3.91. The van der Waals surface area contributed by atoms with Gasteiger partial charge in [-0.1, -0.05) is 0 Å². The van der Waals surface area contributed by atoms with Gasteiger partial charge >= 0.3 is 0 Å². The van der Waals surface area contributed by atoms with Crippen LogP contribution >= 0.6 is 11.3 Å². The molecule has 0 amide bonds. The number of aromatic nitrogens is 1. The molecule has 1 aromatic heterocycles. The fourth-order valence-corrected chi connectivity index (χ4v) is 2.67. The monoisotopic (exact) mass is 190 g/mol. The Labute approximate surface area is 81.2 Å². The third-order valence-electron chi connectivity index (χ3n) is 2.90. The smallest absolute Gasteiger partial charge is 0.100 e. The molecule has 0 atom stereocenters. The number of hydrogen-bond donors (Lipinski definition) is 0. The van der Waals surface area contributed by atoms with E-state index in [0.29, 0.717) is 0 Å². The lowest BCUT2D eigenvalue weighted by atomic mass is 10.1. The molecule has 0 bridgehead atoms. The first-order valence-corrected chi connectivity index (χ1v) is 5.59. The van der Waals surface area contributed by atoms with E-state index < -0.39 is 0 Å². The average Bonchev–Trinajstić information content (AvgIpc) is 3.07. The van der Waals surface area contributed by atoms with Gasteiger partial charge in [-0.25, -0.2) is 4.98 Å². The van der Waals surface area contributed by atoms with Crippen LogP contribution in [0.3, 0.4) is 0 Å². The predicted molar refractivity (Wildman–Crippen MR) is 50.6 cm³/mol. The van der Waals surface area contributed by atoms with Gasteiger partial charge in [-0.15, -0.1) is 11.3 Å². The highest BCUT2D eigenvalue weighted by molar-refractivity contribution is 7.09. The molecule has 0 saturated heterocycles. The van der Waals surface area contributed by atoms with Gasteiger partial charge in [-0.05, 0) is 25.7 Å². The Morgan fingerprint density at radius 2 is 2.31 bits per heavy atom. The van der Waals surface area contributed by atoms with Crippen LogP contribution in [-0.4, -0.2) is 4.98 Å². The first-order chi connectivity index (χ1) is 6.34. The summed E-state index contributed by atoms with van der Waals surface area (Å²) in [6.45, 7) is 0. The standard InChI is InChI=1S/C10H10N2S/c11-6-10(3-4-10)8-5-13-9(12-8)7-1-2-7/h5,7H,1-4H2. The summed E-state index contributed by atoms with van der Waals surface area (Å²) in [4.78, 5) is 4.57. The Kier molecular flexibility index (Phi) is 1.35. The lowest BCUT2D eigenvalue weighted by molar-refractivity contribution is 0.852. The van der Waals surface area contributed by atoms with Crippen molar-refractivity contribution in [1.82, 2.24) is 4.98 Å². The van der Waals surface area contributed by atoms with Crippen LogP contribution in [0.15, 0.2) is 5.38 Å². The maximum Gasteiger partial charge on any atom is 0.100 e. The molecule has 0 aliphatic heterocycles. The molecule has 66 valence electrons. The van der Waals surface area contributed by atoms with Gasteiger partial charge in [-0.3, -0.25) is 0 Å². The Hall–Kier alpha value is -0.880. The molecule has 2 fully saturated rings. The van der Waals surface area contributed by atoms with Crippen LogP contribution in [0, 0.1) is 11.3 Å². The largest absolute Gasteiger partial charge is 0.244 e. The number of rotatable bonds is 2. The van der Waals surface area contributed by atoms with E-state index in [1.165, 1.54) is 17.8 Å². The maximum atomic E-state index is 8.99. The van der Waals surface area contributed by atoms with Crippen LogP contribution in [0.1, 0.15) is 42.3 Å². The molecule has 0 N–H and O–H groups in total. The molecule has 3 heteroatoms. The molecule has 1 aromatic rings. The second-order valence-corrected chi connectivity index (χ2v) is 4.93. The second kappa shape index (κ2) is 2.33. The van der Waals surface area contributed by atoms with Gasteiger partial charge in [0.05, 0.1) is 16.8 Å². The van der Waals surface area contributed by atoms with Gasteiger partial charge in [0.15, 0.2) is 0 Å². The third kappa shape index (κ3) is 1.09. The van der Waals surface area contributed by atoms with Gasteiger partial charge in [-0.2, -0.15) is 5.26 Å². The normalized spacial score (nSPS) is 23.9. The van der Waals surface area contributed by atoms with Crippen LogP contribution in [-0.2, 0) is 5.41 Å². The summed E-state index contributed by atoms with van der Waals surface area (Å²) in [5.74, 6) is 0.730. The van der Waals surface area contributed by atoms with Crippen molar-refractivity contribution in [3.63, 3.8) is 0 Å². The summed E-state index contributed by atoms with van der Waals surface area (Å²) >= 11 is 1.74. The minimum Gasteiger partial charge on any atom is -0.244 e. The Morgan fingerprint density at radius 1 is 1.54 bits per heavy atom. The van der Waals surface area contributed by atoms with E-state index in [-0.39, 0.29) is 5.41 Å². The zero-order chi connectivity index (χ0) is 8.89. The number of nitriles is 1. The molecule has 2 aliphatic rings. The first-order valence-electron chi connectivity index (χ1n) is 4.71. The van der Waals surface area contributed by atoms with E-state index in [1.54, 1.807) is 11.3 Å². The zero-order valence-corrected chi connectivity index (χ0v) is 8.10. The molecule has 2 aliphatic carbocycles. The Bertz CT molecular complexity index is 380. The minimum absolute atomic E-state index is 0.177. The number of hydrogen-bond acceptors (Lipinski definition) is 3. The highest BCUT2D eigenvalue weighted by atomic mass is 32.1. The van der Waals surface area contributed by atoms with Crippen molar-refractivity contribution in [2.75, 3.05) is 0 Å². The van der Waals surface area contributed by atoms with Crippen LogP contribution in [0.5, 0.6) is 0 Å². The fraction of sp³-hybridized carbons (Fsp3) is 0.600. The van der Waals surface area contributed by atoms with E-state index in [1.807, 2.05) is 0 Å². The summed E-state index contributed by atoms with van der Waals surface area (Å²) in [6.07, 6.45) is 4.62. The number of nitrogens with zero attached hydrogens (tertiary/aromatic N) is 2. The quantitative estimate of drug-likeness (QED) is 0.718. The molecule has 3 rings (SSSR count). The van der Waals surface area contributed by atoms with Crippen LogP contribution in [0.4, 0.5) is 0 Å². The van der Waals surface area contributed by atoms with Crippen molar-refractivity contribution in [1.29, 1.82) is 5.26 Å². The fourth-order valence-electron chi connectivity index (χ4n) is 1.58. The highest BCUT2D eigenvalue weighted by Gasteiger charge is 2.47. The average molecular weight is 190 g/mol. The topological polar surface area (TPSA) is 36.7 Å². The van der Waals surface area contributed by atoms with E-state index in [0.717, 1.165) is 24.5 Å². The maximum absolute atomic E-state index is 8.99. The van der Waals surface area contributed by atoms with Crippen LogP contribution in [0.25, 0.3) is 0 Å². The SMILES string of the molecule is N#CC1(c2csc(C3CC3)n2)CC1. The summed E-state index contributed by atoms with van der Waals surface area (Å²) in [5.41, 5.74) is 0.866. The van der Waals surface area contributed by atoms with Gasteiger partial charge in [0.2, 0.25) is 0 Å². The summed E-state index contributed by atoms with van der Waals surface area (Å²) in [5, 5.41) is 12.3. The van der Waals surface area contributed by atoms with Gasteiger partial charge in [0.25, 0.3) is 0 Å². The van der Waals surface area contributed by atoms with Crippen LogP contribution in [0.2, 0.25) is 0 Å². The predicted octanol–water partition coefficient (Wildman–Crippen LogP) is 2.58. The van der Waals surface area contributed by atoms with Crippen molar-refractivity contribution in [2.24, 2.45) is 0 Å². The molecule has 0 aromatic carbocycles. The first kappa shape index (κ1) is 7.52. The lowest BCUT2D eigenvalue weighted by Gasteiger charge is -1.97. The van der Waals surface area contributed by atoms with Gasteiger partial charge in [0.1, 0.15) is 5.41 Å². The van der Waals surface area contributed by atoms with E-state index >= 15 is 0 Å². The van der Waals surface area contributed by atoms with Crippen molar-refractivity contribution in [3.8, 4) is 6.07 Å². The molecule has 1 heterocycles. The Balaban J connectivity index is 1.93. The zero-order valence-electron chi connectivity index (χ0n) is 7.29. The van der Waals surface area contributed by atoms with Gasteiger partial charge < -0.3 is 0 Å². The second-order valence-electron chi connectivity index (χ2n) is 4.04. The molecule has 0 spiro atoms. The summed E-state index contributed by atoms with van der Waals surface area (Å²) in [7, 11) is 0. The molecule has 0 radical (unpaired) electrons. The molecule has 2 saturated carbocycles. The summed E-state index contributed by atoms with van der Waals surface area (Å²) in [6, 6.07) is 2.39. The molecule has 0 unspecified atom stereocenters. The Morgan fingerprint density at radius 3 is 2.85 bits per heavy atom. The van der Waals surface area contributed by atoms with Crippen molar-refractivity contribution >= 4 is 11.3 Å².